The molecule has 0 radical (unpaired) electrons. The van der Waals surface area contributed by atoms with Crippen molar-refractivity contribution in [3.8, 4) is 0 Å². The molecule has 0 fully saturated rings. The number of hydrogen-bond acceptors (Lipinski definition) is 3. The van der Waals surface area contributed by atoms with Gasteiger partial charge < -0.3 is 0 Å². The van der Waals surface area contributed by atoms with E-state index in [-0.39, 0.29) is 16.5 Å². The number of benzene rings is 2. The molecule has 1 aliphatic rings. The number of carbonyl (C=O) groups is 1. The third kappa shape index (κ3) is 5.86. The molecule has 2 aromatic carbocycles. The molecule has 5 nitrogen and oxygen atoms in total. The average molecular weight is 477 g/mol. The first-order valence-electron chi connectivity index (χ1n) is 11.2. The summed E-state index contributed by atoms with van der Waals surface area (Å²) in [5.74, 6) is 0.0592. The van der Waals surface area contributed by atoms with Gasteiger partial charge in [0.2, 0.25) is 0 Å². The molecular weight excluding hydrogens is 444 g/mol. The van der Waals surface area contributed by atoms with Gasteiger partial charge >= 0.3 is 0 Å². The Morgan fingerprint density at radius 1 is 0.765 bits per heavy atom. The number of hydrogen-bond donors (Lipinski definition) is 0. The Morgan fingerprint density at radius 3 is 1.74 bits per heavy atom. The fraction of sp³-hybridized carbons (Fsp3) is 0.321. The Labute approximate surface area is 203 Å². The van der Waals surface area contributed by atoms with E-state index in [2.05, 4.69) is 9.39 Å². The number of Topliss-reactive ketones (excluding diaryl/α,β-unsaturated/α-hetero) is 1. The fourth-order valence-corrected chi connectivity index (χ4v) is 4.48. The Balaban J connectivity index is 2.24. The molecule has 6 heteroatoms. The Morgan fingerprint density at radius 2 is 1.26 bits per heavy atom. The molecule has 0 spiro atoms. The molecule has 0 aromatic heterocycles. The molecule has 178 valence electrons. The second-order valence-electron chi connectivity index (χ2n) is 10.6. The number of ketones is 1. The van der Waals surface area contributed by atoms with Crippen LogP contribution in [0.15, 0.2) is 92.2 Å². The molecule has 2 aromatic rings. The van der Waals surface area contributed by atoms with Crippen molar-refractivity contribution in [2.24, 2.45) is 20.2 Å². The highest BCUT2D eigenvalue weighted by atomic mass is 32.2. The van der Waals surface area contributed by atoms with Crippen LogP contribution in [0.5, 0.6) is 0 Å². The highest BCUT2D eigenvalue weighted by molar-refractivity contribution is 7.90. The molecule has 1 aliphatic carbocycles. The summed E-state index contributed by atoms with van der Waals surface area (Å²) in [6.45, 7) is 13.8. The van der Waals surface area contributed by atoms with Gasteiger partial charge in [0, 0.05) is 16.7 Å². The smallest absolute Gasteiger partial charge is 0.284 e. The number of amidine groups is 1. The minimum atomic E-state index is -4.00. The lowest BCUT2D eigenvalue weighted by Crippen LogP contribution is -2.29. The molecule has 0 unspecified atom stereocenters. The maximum absolute atomic E-state index is 13.2. The van der Waals surface area contributed by atoms with Crippen molar-refractivity contribution < 1.29 is 13.2 Å². The molecule has 0 heterocycles. The van der Waals surface area contributed by atoms with Crippen LogP contribution < -0.4 is 0 Å². The quantitative estimate of drug-likeness (QED) is 0.305. The van der Waals surface area contributed by atoms with Crippen molar-refractivity contribution in [1.82, 2.24) is 0 Å². The lowest BCUT2D eigenvalue weighted by molar-refractivity contribution is -0.114. The molecule has 0 bridgehead atoms. The van der Waals surface area contributed by atoms with Crippen molar-refractivity contribution in [2.75, 3.05) is 0 Å². The summed E-state index contributed by atoms with van der Waals surface area (Å²) < 4.78 is 30.4. The number of carbonyl (C=O) groups excluding carboxylic acids is 1. The number of aliphatic imine (C=N–C) groups is 1. The van der Waals surface area contributed by atoms with E-state index in [1.54, 1.807) is 60.7 Å². The monoisotopic (exact) mass is 476 g/mol. The van der Waals surface area contributed by atoms with Crippen molar-refractivity contribution >= 4 is 27.4 Å². The van der Waals surface area contributed by atoms with Gasteiger partial charge in [0.25, 0.3) is 10.0 Å². The molecule has 0 aliphatic heterocycles. The summed E-state index contributed by atoms with van der Waals surface area (Å²) >= 11 is 0. The highest BCUT2D eigenvalue weighted by Crippen LogP contribution is 2.37. The van der Waals surface area contributed by atoms with E-state index in [1.165, 1.54) is 0 Å². The van der Waals surface area contributed by atoms with Crippen LogP contribution in [0.3, 0.4) is 0 Å². The first kappa shape index (κ1) is 25.5. The van der Waals surface area contributed by atoms with Crippen LogP contribution in [0.25, 0.3) is 0 Å². The van der Waals surface area contributed by atoms with Crippen molar-refractivity contribution in [3.05, 3.63) is 89.0 Å². The highest BCUT2D eigenvalue weighted by Gasteiger charge is 2.34. The predicted molar refractivity (Wildman–Crippen MR) is 139 cm³/mol. The maximum atomic E-state index is 13.2. The minimum Gasteiger partial charge on any atom is -0.289 e. The van der Waals surface area contributed by atoms with Gasteiger partial charge in [-0.1, -0.05) is 89.6 Å². The van der Waals surface area contributed by atoms with E-state index in [4.69, 9.17) is 0 Å². The number of sulfonamides is 1. The third-order valence-electron chi connectivity index (χ3n) is 5.48. The second kappa shape index (κ2) is 9.26. The summed E-state index contributed by atoms with van der Waals surface area (Å²) in [5.41, 5.74) is 2.48. The van der Waals surface area contributed by atoms with E-state index < -0.39 is 20.9 Å². The van der Waals surface area contributed by atoms with Crippen molar-refractivity contribution in [1.29, 1.82) is 0 Å². The molecule has 34 heavy (non-hydrogen) atoms. The van der Waals surface area contributed by atoms with Gasteiger partial charge in [-0.15, -0.1) is 4.40 Å². The Hall–Kier alpha value is -3.12. The zero-order chi connectivity index (χ0) is 25.3. The first-order chi connectivity index (χ1) is 15.7. The largest absolute Gasteiger partial charge is 0.289 e. The van der Waals surface area contributed by atoms with Crippen LogP contribution in [-0.4, -0.2) is 25.7 Å². The summed E-state index contributed by atoms with van der Waals surface area (Å²) in [5, 5.41) is 0. The van der Waals surface area contributed by atoms with E-state index >= 15 is 0 Å². The fourth-order valence-electron chi connectivity index (χ4n) is 3.52. The standard InChI is InChI=1S/C28H32N2O3S/c1-19-13-15-22(16-14-19)34(32,33)30-26(20-11-9-8-10-12-20)29-21-17-23(27(2,3)4)25(31)24(18-21)28(5,6)7/h8-18H,1-7H3. The van der Waals surface area contributed by atoms with Crippen molar-refractivity contribution in [2.45, 2.75) is 53.4 Å². The lowest BCUT2D eigenvalue weighted by atomic mass is 9.72. The number of aryl methyl sites for hydroxylation is 1. The van der Waals surface area contributed by atoms with Crippen molar-refractivity contribution in [3.63, 3.8) is 0 Å². The lowest BCUT2D eigenvalue weighted by Gasteiger charge is -2.31. The van der Waals surface area contributed by atoms with Crippen LogP contribution in [0.2, 0.25) is 0 Å². The molecule has 0 atom stereocenters. The normalized spacial score (nSPS) is 15.7. The van der Waals surface area contributed by atoms with Crippen LogP contribution in [-0.2, 0) is 14.8 Å². The molecule has 0 amide bonds. The number of nitrogens with zero attached hydrogens (tertiary/aromatic N) is 2. The summed E-state index contributed by atoms with van der Waals surface area (Å²) in [6, 6.07) is 15.5. The van der Waals surface area contributed by atoms with Gasteiger partial charge in [-0.2, -0.15) is 8.42 Å². The maximum Gasteiger partial charge on any atom is 0.284 e. The number of rotatable bonds is 3. The second-order valence-corrected chi connectivity index (χ2v) is 12.2. The molecule has 0 saturated heterocycles. The predicted octanol–water partition coefficient (Wildman–Crippen LogP) is 6.10. The third-order valence-corrected chi connectivity index (χ3v) is 6.76. The minimum absolute atomic E-state index is 0.00979. The van der Waals surface area contributed by atoms with Crippen LogP contribution in [0.4, 0.5) is 0 Å². The van der Waals surface area contributed by atoms with E-state index in [0.717, 1.165) is 5.56 Å². The zero-order valence-corrected chi connectivity index (χ0v) is 21.7. The van der Waals surface area contributed by atoms with Crippen LogP contribution in [0, 0.1) is 17.8 Å². The number of allylic oxidation sites excluding steroid dienone is 4. The Kier molecular flexibility index (Phi) is 6.94. The summed E-state index contributed by atoms with van der Waals surface area (Å²) in [7, 11) is -4.00. The van der Waals surface area contributed by atoms with Gasteiger partial charge in [0.05, 0.1) is 10.6 Å². The van der Waals surface area contributed by atoms with Gasteiger partial charge in [-0.3, -0.25) is 4.79 Å². The summed E-state index contributed by atoms with van der Waals surface area (Å²) in [4.78, 5) is 18.0. The van der Waals surface area contributed by atoms with Gasteiger partial charge in [-0.25, -0.2) is 4.99 Å². The molecule has 3 rings (SSSR count). The Bertz CT molecular complexity index is 1280. The SMILES string of the molecule is Cc1ccc(S(=O)(=O)N=C(N=C2C=C(C(C)(C)C)C(=O)C(C(C)(C)C)=C2)c2ccccc2)cc1. The van der Waals surface area contributed by atoms with Crippen LogP contribution >= 0.6 is 0 Å². The van der Waals surface area contributed by atoms with Gasteiger partial charge in [-0.05, 0) is 42.0 Å². The van der Waals surface area contributed by atoms with E-state index in [9.17, 15) is 13.2 Å². The van der Waals surface area contributed by atoms with E-state index in [0.29, 0.717) is 22.4 Å². The molecule has 0 saturated carbocycles. The molecular formula is C28H32N2O3S. The van der Waals surface area contributed by atoms with Crippen LogP contribution in [0.1, 0.15) is 52.7 Å². The topological polar surface area (TPSA) is 75.9 Å². The zero-order valence-electron chi connectivity index (χ0n) is 20.9. The first-order valence-corrected chi connectivity index (χ1v) is 12.7. The van der Waals surface area contributed by atoms with Gasteiger partial charge in [0.15, 0.2) is 11.6 Å². The average Bonchev–Trinajstić information content (AvgIpc) is 2.73. The molecule has 0 N–H and O–H groups in total. The summed E-state index contributed by atoms with van der Waals surface area (Å²) in [6.07, 6.45) is 3.49. The van der Waals surface area contributed by atoms with E-state index in [1.807, 2.05) is 54.5 Å². The van der Waals surface area contributed by atoms with Gasteiger partial charge in [0.1, 0.15) is 0 Å².